The fourth-order valence-electron chi connectivity index (χ4n) is 3.64. The van der Waals surface area contributed by atoms with Crippen molar-refractivity contribution >= 4 is 44.0 Å². The monoisotopic (exact) mass is 513 g/mol. The zero-order valence-corrected chi connectivity index (χ0v) is 21.2. The highest BCUT2D eigenvalue weighted by molar-refractivity contribution is 7.91. The molecule has 2 atom stereocenters. The Kier molecular flexibility index (Phi) is 6.44. The van der Waals surface area contributed by atoms with Crippen LogP contribution < -0.4 is 10.8 Å². The van der Waals surface area contributed by atoms with Gasteiger partial charge in [-0.2, -0.15) is 4.31 Å². The first-order valence-electron chi connectivity index (χ1n) is 10.5. The Morgan fingerprint density at radius 2 is 2.06 bits per heavy atom. The van der Waals surface area contributed by atoms with Crippen LogP contribution in [0.4, 0.5) is 11.5 Å². The molecule has 1 saturated heterocycles. The van der Waals surface area contributed by atoms with Crippen molar-refractivity contribution in [2.75, 3.05) is 18.4 Å². The molecule has 3 aromatic rings. The molecule has 3 aromatic heterocycles. The molecule has 10 nitrogen and oxygen atoms in total. The first-order valence-corrected chi connectivity index (χ1v) is 13.9. The van der Waals surface area contributed by atoms with Crippen LogP contribution in [0.15, 0.2) is 31.1 Å². The number of hydrogen-bond donors (Lipinski definition) is 3. The summed E-state index contributed by atoms with van der Waals surface area (Å²) in [7, 11) is -3.77. The molecule has 0 spiro atoms. The number of anilines is 2. The van der Waals surface area contributed by atoms with Crippen molar-refractivity contribution in [3.05, 3.63) is 34.5 Å². The van der Waals surface area contributed by atoms with Gasteiger partial charge in [0.2, 0.25) is 11.3 Å². The number of aromatic nitrogens is 2. The number of aromatic hydroxyl groups is 1. The van der Waals surface area contributed by atoms with E-state index in [1.165, 1.54) is 9.69 Å². The topological polar surface area (TPSA) is 147 Å². The minimum absolute atomic E-state index is 0.128. The Labute approximate surface area is 199 Å². The van der Waals surface area contributed by atoms with E-state index in [-0.39, 0.29) is 32.4 Å². The maximum absolute atomic E-state index is 12.9. The molecule has 1 fully saturated rings. The second-order valence-corrected chi connectivity index (χ2v) is 12.9. The first-order chi connectivity index (χ1) is 15.5. The van der Waals surface area contributed by atoms with E-state index in [0.717, 1.165) is 29.9 Å². The molecular formula is C20H27N5O5S3. The highest BCUT2D eigenvalue weighted by Gasteiger charge is 2.33. The van der Waals surface area contributed by atoms with Gasteiger partial charge in [-0.25, -0.2) is 13.4 Å². The lowest BCUT2D eigenvalue weighted by Gasteiger charge is -2.25. The molecule has 33 heavy (non-hydrogen) atoms. The standard InChI is InChI=1S/C20H27N5O5S3/c1-12-7-8-14(30-12)16(20(2,3)4)22-18-17(23-32(27)24-18)21-13-11-31-19(15(13)26)33(28,29)25-9-5-6-10-25/h7-8,11,16,26H,5-6,9-10H2,1-4H3,(H,21,23)(H,22,24)/t16-,32?/m0/s1. The Morgan fingerprint density at radius 1 is 1.36 bits per heavy atom. The molecule has 4 rings (SSSR count). The number of nitrogens with zero attached hydrogens (tertiary/aromatic N) is 3. The van der Waals surface area contributed by atoms with Gasteiger partial charge in [0, 0.05) is 22.8 Å². The average molecular weight is 514 g/mol. The molecule has 1 unspecified atom stereocenters. The fourth-order valence-corrected chi connectivity index (χ4v) is 7.19. The van der Waals surface area contributed by atoms with E-state index in [1.807, 2.05) is 39.8 Å². The molecule has 0 aromatic carbocycles. The van der Waals surface area contributed by atoms with Crippen molar-refractivity contribution in [1.82, 2.24) is 13.1 Å². The van der Waals surface area contributed by atoms with Crippen molar-refractivity contribution in [1.29, 1.82) is 0 Å². The van der Waals surface area contributed by atoms with Crippen molar-refractivity contribution in [2.24, 2.45) is 10.4 Å². The van der Waals surface area contributed by atoms with Gasteiger partial charge in [0.25, 0.3) is 10.0 Å². The zero-order chi connectivity index (χ0) is 24.0. The minimum Gasteiger partial charge on any atom is -0.548 e. The van der Waals surface area contributed by atoms with Crippen LogP contribution in [0.1, 0.15) is 51.2 Å². The number of thiophene rings is 1. The van der Waals surface area contributed by atoms with Gasteiger partial charge in [-0.05, 0) is 37.3 Å². The third-order valence-electron chi connectivity index (χ3n) is 5.32. The third-order valence-corrected chi connectivity index (χ3v) is 9.42. The van der Waals surface area contributed by atoms with Gasteiger partial charge >= 0.3 is 0 Å². The maximum Gasteiger partial charge on any atom is 0.256 e. The molecule has 0 bridgehead atoms. The Balaban J connectivity index is 1.70. The van der Waals surface area contributed by atoms with Crippen molar-refractivity contribution < 1.29 is 22.5 Å². The Bertz CT molecular complexity index is 1310. The molecule has 13 heteroatoms. The number of sulfonamides is 1. The van der Waals surface area contributed by atoms with Gasteiger partial charge in [-0.1, -0.05) is 20.8 Å². The number of furan rings is 1. The Hall–Kier alpha value is -2.19. The lowest BCUT2D eigenvalue weighted by Crippen LogP contribution is -2.27. The molecule has 1 aliphatic heterocycles. The summed E-state index contributed by atoms with van der Waals surface area (Å²) in [5.74, 6) is 1.16. The van der Waals surface area contributed by atoms with Gasteiger partial charge in [0.1, 0.15) is 17.6 Å². The van der Waals surface area contributed by atoms with Gasteiger partial charge in [-0.15, -0.1) is 15.7 Å². The van der Waals surface area contributed by atoms with Gasteiger partial charge < -0.3 is 19.4 Å². The van der Waals surface area contributed by atoms with Crippen LogP contribution in [0, 0.1) is 12.3 Å². The number of H-pyrrole nitrogens is 1. The van der Waals surface area contributed by atoms with Crippen LogP contribution in [-0.2, 0) is 10.0 Å². The highest BCUT2D eigenvalue weighted by atomic mass is 32.2. The van der Waals surface area contributed by atoms with E-state index in [9.17, 15) is 18.1 Å². The molecule has 0 radical (unpaired) electrons. The minimum atomic E-state index is -3.77. The lowest BCUT2D eigenvalue weighted by atomic mass is 9.86. The molecule has 0 amide bonds. The summed E-state index contributed by atoms with van der Waals surface area (Å²) in [6.45, 7) is 8.76. The van der Waals surface area contributed by atoms with E-state index in [0.29, 0.717) is 18.8 Å². The molecule has 0 saturated carbocycles. The summed E-state index contributed by atoms with van der Waals surface area (Å²) >= 11 is -0.836. The third kappa shape index (κ3) is 4.87. The van der Waals surface area contributed by atoms with E-state index in [2.05, 4.69) is 14.1 Å². The van der Waals surface area contributed by atoms with Crippen LogP contribution in [0.2, 0.25) is 0 Å². The quantitative estimate of drug-likeness (QED) is 0.422. The van der Waals surface area contributed by atoms with Crippen LogP contribution in [0.25, 0.3) is 0 Å². The predicted molar refractivity (Wildman–Crippen MR) is 126 cm³/mol. The van der Waals surface area contributed by atoms with Gasteiger partial charge in [-0.3, -0.25) is 0 Å². The summed E-state index contributed by atoms with van der Waals surface area (Å²) < 4.78 is 51.7. The summed E-state index contributed by atoms with van der Waals surface area (Å²) in [6.07, 6.45) is 1.60. The van der Waals surface area contributed by atoms with E-state index in [4.69, 9.17) is 9.41 Å². The number of aryl methyl sites for hydroxylation is 1. The van der Waals surface area contributed by atoms with Crippen molar-refractivity contribution in [2.45, 2.75) is 50.8 Å². The largest absolute Gasteiger partial charge is 0.548 e. The van der Waals surface area contributed by atoms with Gasteiger partial charge in [0.05, 0.1) is 5.69 Å². The van der Waals surface area contributed by atoms with E-state index in [1.54, 1.807) is 0 Å². The predicted octanol–water partition coefficient (Wildman–Crippen LogP) is 4.02. The SMILES string of the molecule is Cc1ccc([C@H](N=c2[nH][s+]([O-])nc2Nc2csc(S(=O)(=O)N3CCCC3)c2O)C(C)(C)C)o1. The van der Waals surface area contributed by atoms with Crippen molar-refractivity contribution in [3.8, 4) is 5.75 Å². The lowest BCUT2D eigenvalue weighted by molar-refractivity contribution is 0.279. The summed E-state index contributed by atoms with van der Waals surface area (Å²) in [6, 6.07) is 3.30. The zero-order valence-electron chi connectivity index (χ0n) is 18.8. The number of hydrogen-bond acceptors (Lipinski definition) is 9. The molecule has 4 heterocycles. The summed E-state index contributed by atoms with van der Waals surface area (Å²) in [4.78, 5) is 4.73. The Morgan fingerprint density at radius 3 is 2.67 bits per heavy atom. The van der Waals surface area contributed by atoms with E-state index < -0.39 is 27.2 Å². The maximum atomic E-state index is 12.9. The molecule has 1 aliphatic rings. The summed E-state index contributed by atoms with van der Waals surface area (Å²) in [5, 5.41) is 15.1. The second kappa shape index (κ2) is 8.87. The van der Waals surface area contributed by atoms with Crippen LogP contribution in [0.3, 0.4) is 0 Å². The molecular weight excluding hydrogens is 486 g/mol. The number of nitrogens with one attached hydrogen (secondary N) is 2. The number of rotatable bonds is 6. The van der Waals surface area contributed by atoms with Gasteiger partial charge in [0.15, 0.2) is 21.1 Å². The summed E-state index contributed by atoms with van der Waals surface area (Å²) in [5.41, 5.74) is 0.0679. The second-order valence-electron chi connectivity index (χ2n) is 9.01. The molecule has 180 valence electrons. The van der Waals surface area contributed by atoms with E-state index >= 15 is 0 Å². The van der Waals surface area contributed by atoms with Crippen LogP contribution >= 0.6 is 22.5 Å². The smallest absolute Gasteiger partial charge is 0.256 e. The van der Waals surface area contributed by atoms with Crippen LogP contribution in [-0.4, -0.2) is 44.2 Å². The van der Waals surface area contributed by atoms with Crippen molar-refractivity contribution in [3.63, 3.8) is 0 Å². The average Bonchev–Trinajstić information content (AvgIpc) is 3.49. The molecule has 3 N–H and O–H groups in total. The van der Waals surface area contributed by atoms with Crippen LogP contribution in [0.5, 0.6) is 5.75 Å². The first kappa shape index (κ1) is 24.0. The normalized spacial score (nSPS) is 17.6. The fraction of sp³-hybridized carbons (Fsp3) is 0.500. The number of aromatic amines is 1. The highest BCUT2D eigenvalue weighted by Crippen LogP contribution is 2.41. The molecule has 0 aliphatic carbocycles.